The predicted octanol–water partition coefficient (Wildman–Crippen LogP) is 0.923. The fraction of sp³-hybridized carbons (Fsp3) is 0.333. The molecule has 6 heteroatoms. The van der Waals surface area contributed by atoms with Gasteiger partial charge in [-0.15, -0.1) is 0 Å². The Balaban J connectivity index is 2.92. The number of carbonyl (C=O) groups is 1. The summed E-state index contributed by atoms with van der Waals surface area (Å²) in [7, 11) is 0. The summed E-state index contributed by atoms with van der Waals surface area (Å²) in [5.74, 6) is -0.666. The third kappa shape index (κ3) is 3.80. The molecule has 0 bridgehead atoms. The van der Waals surface area contributed by atoms with Crippen LogP contribution in [0.25, 0.3) is 0 Å². The summed E-state index contributed by atoms with van der Waals surface area (Å²) in [6.45, 7) is 2.30. The second-order valence-corrected chi connectivity index (χ2v) is 4.60. The Kier molecular flexibility index (Phi) is 4.84. The van der Waals surface area contributed by atoms with Gasteiger partial charge in [-0.3, -0.25) is 4.79 Å². The Hall–Kier alpha value is -1.43. The molecule has 3 N–H and O–H groups in total. The van der Waals surface area contributed by atoms with Gasteiger partial charge in [0.2, 0.25) is 0 Å². The molecule has 0 atom stereocenters. The van der Waals surface area contributed by atoms with Gasteiger partial charge < -0.3 is 10.2 Å². The summed E-state index contributed by atoms with van der Waals surface area (Å²) in [5.41, 5.74) is 1.39. The van der Waals surface area contributed by atoms with E-state index in [0.29, 0.717) is 10.6 Å². The van der Waals surface area contributed by atoms with Crippen molar-refractivity contribution < 1.29 is 15.0 Å². The van der Waals surface area contributed by atoms with Gasteiger partial charge in [-0.05, 0) is 19.9 Å². The molecule has 1 aromatic rings. The maximum absolute atomic E-state index is 11.4. The maximum Gasteiger partial charge on any atom is 0.271 e. The molecule has 0 radical (unpaired) electrons. The van der Waals surface area contributed by atoms with Gasteiger partial charge in [0.05, 0.1) is 12.3 Å². The Labute approximate surface area is 110 Å². The van der Waals surface area contributed by atoms with Gasteiger partial charge in [-0.25, -0.2) is 5.43 Å². The Morgan fingerprint density at radius 3 is 2.56 bits per heavy atom. The minimum atomic E-state index is -1.54. The molecule has 0 aliphatic carbocycles. The van der Waals surface area contributed by atoms with Crippen LogP contribution >= 0.6 is 11.6 Å². The average molecular weight is 271 g/mol. The maximum atomic E-state index is 11.4. The lowest BCUT2D eigenvalue weighted by Crippen LogP contribution is -2.40. The second kappa shape index (κ2) is 5.95. The Morgan fingerprint density at radius 2 is 2.06 bits per heavy atom. The fourth-order valence-corrected chi connectivity index (χ4v) is 1.38. The number of nitrogens with zero attached hydrogens (tertiary/aromatic N) is 1. The number of nitrogens with one attached hydrogen (secondary N) is 1. The number of amides is 1. The van der Waals surface area contributed by atoms with E-state index in [9.17, 15) is 15.0 Å². The van der Waals surface area contributed by atoms with E-state index in [0.717, 1.165) is 0 Å². The quantitative estimate of drug-likeness (QED) is 0.562. The molecular weight excluding hydrogens is 256 g/mol. The highest BCUT2D eigenvalue weighted by atomic mass is 35.5. The normalized spacial score (nSPS) is 12.4. The highest BCUT2D eigenvalue weighted by molar-refractivity contribution is 6.34. The molecule has 0 aromatic heterocycles. The summed E-state index contributed by atoms with van der Waals surface area (Å²) in [6.07, 6.45) is 0. The summed E-state index contributed by atoms with van der Waals surface area (Å²) < 4.78 is 0. The minimum absolute atomic E-state index is 0.221. The first kappa shape index (κ1) is 14.6. The predicted molar refractivity (Wildman–Crippen MR) is 69.5 cm³/mol. The lowest BCUT2D eigenvalue weighted by atomic mass is 10.1. The van der Waals surface area contributed by atoms with Crippen LogP contribution in [0.4, 0.5) is 0 Å². The van der Waals surface area contributed by atoms with E-state index in [-0.39, 0.29) is 12.3 Å². The van der Waals surface area contributed by atoms with Crippen LogP contribution in [0.1, 0.15) is 19.4 Å². The second-order valence-electron chi connectivity index (χ2n) is 4.20. The van der Waals surface area contributed by atoms with Gasteiger partial charge in [0, 0.05) is 10.6 Å². The number of hydrogen-bond donors (Lipinski definition) is 3. The molecule has 0 spiro atoms. The van der Waals surface area contributed by atoms with Crippen molar-refractivity contribution in [3.63, 3.8) is 0 Å². The molecule has 98 valence electrons. The van der Waals surface area contributed by atoms with Crippen LogP contribution in [0, 0.1) is 0 Å². The Bertz CT molecular complexity index is 467. The lowest BCUT2D eigenvalue weighted by molar-refractivity contribution is -0.136. The van der Waals surface area contributed by atoms with E-state index in [4.69, 9.17) is 11.6 Å². The highest BCUT2D eigenvalue weighted by Crippen LogP contribution is 2.15. The van der Waals surface area contributed by atoms with Crippen LogP contribution in [0.3, 0.4) is 0 Å². The van der Waals surface area contributed by atoms with Crippen molar-refractivity contribution in [3.8, 4) is 0 Å². The van der Waals surface area contributed by atoms with E-state index in [1.54, 1.807) is 24.3 Å². The molecule has 1 aromatic carbocycles. The van der Waals surface area contributed by atoms with Crippen molar-refractivity contribution >= 4 is 23.2 Å². The molecule has 0 saturated carbocycles. The SMILES string of the molecule is CC(C)(O)C(=O)N/N=C(/CO)c1ccccc1Cl. The van der Waals surface area contributed by atoms with Crippen LogP contribution in [0.2, 0.25) is 5.02 Å². The topological polar surface area (TPSA) is 81.9 Å². The summed E-state index contributed by atoms with van der Waals surface area (Å²) in [4.78, 5) is 11.4. The van der Waals surface area contributed by atoms with Crippen LogP contribution < -0.4 is 5.43 Å². The number of hydrogen-bond acceptors (Lipinski definition) is 4. The summed E-state index contributed by atoms with van der Waals surface area (Å²) >= 11 is 5.95. The molecule has 1 amide bonds. The standard InChI is InChI=1S/C12H15ClN2O3/c1-12(2,18)11(17)15-14-10(7-16)8-5-3-4-6-9(8)13/h3-6,16,18H,7H2,1-2H3,(H,15,17)/b14-10-. The fourth-order valence-electron chi connectivity index (χ4n) is 1.13. The number of aliphatic hydroxyl groups excluding tert-OH is 1. The third-order valence-corrected chi connectivity index (χ3v) is 2.51. The minimum Gasteiger partial charge on any atom is -0.390 e. The Morgan fingerprint density at radius 1 is 1.44 bits per heavy atom. The summed E-state index contributed by atoms with van der Waals surface area (Å²) in [6, 6.07) is 6.81. The zero-order valence-electron chi connectivity index (χ0n) is 10.1. The largest absolute Gasteiger partial charge is 0.390 e. The smallest absolute Gasteiger partial charge is 0.271 e. The van der Waals surface area contributed by atoms with Crippen molar-refractivity contribution in [1.29, 1.82) is 0 Å². The zero-order valence-corrected chi connectivity index (χ0v) is 10.9. The third-order valence-electron chi connectivity index (χ3n) is 2.18. The summed E-state index contributed by atoms with van der Waals surface area (Å²) in [5, 5.41) is 22.8. The molecule has 0 unspecified atom stereocenters. The number of aliphatic hydroxyl groups is 2. The van der Waals surface area contributed by atoms with Crippen LogP contribution in [0.15, 0.2) is 29.4 Å². The van der Waals surface area contributed by atoms with Crippen LogP contribution in [-0.2, 0) is 4.79 Å². The molecule has 0 heterocycles. The average Bonchev–Trinajstić information content (AvgIpc) is 2.30. The lowest BCUT2D eigenvalue weighted by Gasteiger charge is -2.14. The number of rotatable bonds is 4. The number of carbonyl (C=O) groups excluding carboxylic acids is 1. The molecule has 0 aliphatic rings. The number of halogens is 1. The molecular formula is C12H15ClN2O3. The van der Waals surface area contributed by atoms with Gasteiger partial charge in [0.1, 0.15) is 5.60 Å². The number of hydrazone groups is 1. The molecule has 0 fully saturated rings. The van der Waals surface area contributed by atoms with Gasteiger partial charge in [0.15, 0.2) is 0 Å². The van der Waals surface area contributed by atoms with Crippen LogP contribution in [-0.4, -0.2) is 34.0 Å². The number of benzene rings is 1. The van der Waals surface area contributed by atoms with Crippen molar-refractivity contribution in [2.75, 3.05) is 6.61 Å². The van der Waals surface area contributed by atoms with Gasteiger partial charge >= 0.3 is 0 Å². The van der Waals surface area contributed by atoms with Crippen LogP contribution in [0.5, 0.6) is 0 Å². The molecule has 0 saturated heterocycles. The van der Waals surface area contributed by atoms with Crippen molar-refractivity contribution in [1.82, 2.24) is 5.43 Å². The van der Waals surface area contributed by atoms with E-state index in [2.05, 4.69) is 10.5 Å². The first-order valence-electron chi connectivity index (χ1n) is 5.31. The zero-order chi connectivity index (χ0) is 13.8. The highest BCUT2D eigenvalue weighted by Gasteiger charge is 2.23. The first-order valence-corrected chi connectivity index (χ1v) is 5.69. The molecule has 18 heavy (non-hydrogen) atoms. The molecule has 0 aliphatic heterocycles. The molecule has 1 rings (SSSR count). The van der Waals surface area contributed by atoms with Crippen molar-refractivity contribution in [2.45, 2.75) is 19.4 Å². The van der Waals surface area contributed by atoms with E-state index in [1.807, 2.05) is 0 Å². The van der Waals surface area contributed by atoms with Crippen molar-refractivity contribution in [3.05, 3.63) is 34.9 Å². The van der Waals surface area contributed by atoms with Gasteiger partial charge in [-0.2, -0.15) is 5.10 Å². The van der Waals surface area contributed by atoms with Crippen molar-refractivity contribution in [2.24, 2.45) is 5.10 Å². The van der Waals surface area contributed by atoms with E-state index >= 15 is 0 Å². The van der Waals surface area contributed by atoms with E-state index in [1.165, 1.54) is 13.8 Å². The van der Waals surface area contributed by atoms with Gasteiger partial charge in [0.25, 0.3) is 5.91 Å². The van der Waals surface area contributed by atoms with Gasteiger partial charge in [-0.1, -0.05) is 29.8 Å². The first-order chi connectivity index (χ1) is 8.36. The van der Waals surface area contributed by atoms with E-state index < -0.39 is 11.5 Å². The molecule has 5 nitrogen and oxygen atoms in total. The monoisotopic (exact) mass is 270 g/mol.